The van der Waals surface area contributed by atoms with Crippen molar-refractivity contribution in [2.24, 2.45) is 11.1 Å². The Morgan fingerprint density at radius 3 is 2.17 bits per heavy atom. The van der Waals surface area contributed by atoms with Crippen molar-refractivity contribution in [1.29, 1.82) is 0 Å². The Kier molecular flexibility index (Phi) is 11.2. The Balaban J connectivity index is 1.35. The Morgan fingerprint density at radius 2 is 1.47 bits per heavy atom. The highest BCUT2D eigenvalue weighted by atomic mass is 19.3. The number of para-hydroxylation sites is 1. The number of hydrogen-bond donors (Lipinski definition) is 2. The Labute approximate surface area is 339 Å². The number of nitrogens with one attached hydrogen (secondary N) is 1. The van der Waals surface area contributed by atoms with Crippen LogP contribution < -0.4 is 4.74 Å². The molecule has 0 spiro atoms. The van der Waals surface area contributed by atoms with Gasteiger partial charge in [0.2, 0.25) is 0 Å². The van der Waals surface area contributed by atoms with Crippen molar-refractivity contribution < 1.29 is 27.5 Å². The second-order valence-corrected chi connectivity index (χ2v) is 15.0. The van der Waals surface area contributed by atoms with Gasteiger partial charge in [-0.2, -0.15) is 8.78 Å². The fourth-order valence-corrected chi connectivity index (χ4v) is 8.08. The molecule has 0 aliphatic heterocycles. The molecule has 8 rings (SSSR count). The number of alkyl halides is 4. The number of nitrogens with zero attached hydrogens (tertiary/aromatic N) is 3. The number of ether oxygens (including phenoxy) is 1. The number of rotatable bonds is 15. The van der Waals surface area contributed by atoms with Crippen LogP contribution in [-0.4, -0.2) is 44.4 Å². The van der Waals surface area contributed by atoms with E-state index in [0.29, 0.717) is 17.3 Å². The maximum atomic E-state index is 14.0. The van der Waals surface area contributed by atoms with Gasteiger partial charge in [-0.15, -0.1) is 0 Å². The number of benzene rings is 6. The summed E-state index contributed by atoms with van der Waals surface area (Å²) in [6.07, 6.45) is 0.424. The number of aromatic amines is 1. The van der Waals surface area contributed by atoms with Crippen LogP contribution in [0.2, 0.25) is 0 Å². The highest BCUT2D eigenvalue weighted by molar-refractivity contribution is 6.23. The smallest absolute Gasteiger partial charge is 0.340 e. The minimum absolute atomic E-state index is 0.0465. The highest BCUT2D eigenvalue weighted by Crippen LogP contribution is 2.42. The van der Waals surface area contributed by atoms with E-state index in [-0.39, 0.29) is 17.0 Å². The first-order chi connectivity index (χ1) is 28.7. The van der Waals surface area contributed by atoms with Crippen molar-refractivity contribution in [1.82, 2.24) is 14.5 Å². The molecule has 1 unspecified atom stereocenters. The van der Waals surface area contributed by atoms with Crippen molar-refractivity contribution in [3.8, 4) is 39.7 Å². The summed E-state index contributed by atoms with van der Waals surface area (Å²) < 4.78 is 61.7. The lowest BCUT2D eigenvalue weighted by Gasteiger charge is -2.19. The Bertz CT molecular complexity index is 2700. The molecule has 2 aromatic heterocycles. The SMILES string of the molecule is CCCCC(CC)Cn1c2ccc(/C(=N/O)c3ccccc3OCC(F)(F)C(F)F)cc2c2cc(-c3nc(-c4ccccc4)c(-c4ccccc4)[nH]3)c3ccccc3c21. The number of fused-ring (bicyclic) bond motifs is 5. The molecule has 0 bridgehead atoms. The fourth-order valence-electron chi connectivity index (χ4n) is 8.08. The zero-order valence-electron chi connectivity index (χ0n) is 32.8. The fraction of sp³-hybridized carbons (Fsp3) is 0.224. The van der Waals surface area contributed by atoms with Gasteiger partial charge in [0.1, 0.15) is 17.3 Å². The quantitative estimate of drug-likeness (QED) is 0.0469. The van der Waals surface area contributed by atoms with Gasteiger partial charge in [-0.05, 0) is 48.1 Å². The molecule has 0 saturated heterocycles. The molecule has 2 heterocycles. The van der Waals surface area contributed by atoms with E-state index in [4.69, 9.17) is 9.72 Å². The summed E-state index contributed by atoms with van der Waals surface area (Å²) in [5, 5.41) is 18.0. The molecule has 0 fully saturated rings. The Morgan fingerprint density at radius 1 is 0.797 bits per heavy atom. The lowest BCUT2D eigenvalue weighted by molar-refractivity contribution is -0.148. The van der Waals surface area contributed by atoms with Crippen LogP contribution >= 0.6 is 0 Å². The van der Waals surface area contributed by atoms with Crippen LogP contribution in [0, 0.1) is 5.92 Å². The highest BCUT2D eigenvalue weighted by Gasteiger charge is 2.42. The summed E-state index contributed by atoms with van der Waals surface area (Å²) >= 11 is 0. The van der Waals surface area contributed by atoms with Gasteiger partial charge in [-0.1, -0.05) is 141 Å². The van der Waals surface area contributed by atoms with E-state index in [2.05, 4.69) is 71.0 Å². The van der Waals surface area contributed by atoms with Crippen LogP contribution in [0.5, 0.6) is 5.75 Å². The van der Waals surface area contributed by atoms with Gasteiger partial charge in [-0.25, -0.2) is 13.8 Å². The number of hydrogen-bond acceptors (Lipinski definition) is 4. The maximum absolute atomic E-state index is 14.0. The third-order valence-corrected chi connectivity index (χ3v) is 11.2. The molecule has 2 N–H and O–H groups in total. The van der Waals surface area contributed by atoms with Gasteiger partial charge in [0.25, 0.3) is 0 Å². The number of aromatic nitrogens is 3. The van der Waals surface area contributed by atoms with Crippen molar-refractivity contribution in [3.63, 3.8) is 0 Å². The third-order valence-electron chi connectivity index (χ3n) is 11.2. The van der Waals surface area contributed by atoms with Crippen LogP contribution in [0.1, 0.15) is 50.7 Å². The molecule has 0 radical (unpaired) electrons. The first-order valence-electron chi connectivity index (χ1n) is 20.0. The van der Waals surface area contributed by atoms with Crippen LogP contribution in [-0.2, 0) is 6.54 Å². The maximum Gasteiger partial charge on any atom is 0.340 e. The van der Waals surface area contributed by atoms with E-state index >= 15 is 0 Å². The van der Waals surface area contributed by atoms with Crippen LogP contribution in [0.4, 0.5) is 17.6 Å². The predicted octanol–water partition coefficient (Wildman–Crippen LogP) is 13.4. The average Bonchev–Trinajstić information content (AvgIpc) is 3.85. The largest absolute Gasteiger partial charge is 0.486 e. The molecular formula is C49H44F4N4O2. The topological polar surface area (TPSA) is 75.4 Å². The minimum atomic E-state index is -4.37. The summed E-state index contributed by atoms with van der Waals surface area (Å²) in [6.45, 7) is 3.68. The van der Waals surface area contributed by atoms with E-state index in [1.807, 2.05) is 66.7 Å². The molecule has 0 aliphatic rings. The monoisotopic (exact) mass is 796 g/mol. The Hall–Kier alpha value is -6.42. The van der Waals surface area contributed by atoms with E-state index in [1.54, 1.807) is 18.2 Å². The lowest BCUT2D eigenvalue weighted by atomic mass is 9.97. The number of unbranched alkanes of at least 4 members (excludes halogenated alkanes) is 1. The van der Waals surface area contributed by atoms with Crippen molar-refractivity contribution in [2.75, 3.05) is 6.61 Å². The molecular weight excluding hydrogens is 753 g/mol. The first-order valence-corrected chi connectivity index (χ1v) is 20.0. The molecule has 0 aliphatic carbocycles. The number of halogens is 4. The lowest BCUT2D eigenvalue weighted by Crippen LogP contribution is -2.34. The van der Waals surface area contributed by atoms with Crippen molar-refractivity contribution >= 4 is 38.3 Å². The molecule has 8 aromatic rings. The molecule has 1 atom stereocenters. The molecule has 59 heavy (non-hydrogen) atoms. The van der Waals surface area contributed by atoms with E-state index in [0.717, 1.165) is 92.9 Å². The van der Waals surface area contributed by atoms with Crippen LogP contribution in [0.25, 0.3) is 66.5 Å². The van der Waals surface area contributed by atoms with Gasteiger partial charge in [0.05, 0.1) is 16.9 Å². The molecule has 10 heteroatoms. The zero-order valence-corrected chi connectivity index (χ0v) is 32.8. The summed E-state index contributed by atoms with van der Waals surface area (Å²) in [5.41, 5.74) is 7.38. The second kappa shape index (κ2) is 16.8. The number of oxime groups is 1. The third kappa shape index (κ3) is 7.67. The van der Waals surface area contributed by atoms with Gasteiger partial charge in [0, 0.05) is 56.0 Å². The normalized spacial score (nSPS) is 12.9. The zero-order chi connectivity index (χ0) is 41.1. The second-order valence-electron chi connectivity index (χ2n) is 15.0. The van der Waals surface area contributed by atoms with Gasteiger partial charge < -0.3 is 19.5 Å². The van der Waals surface area contributed by atoms with Gasteiger partial charge in [0.15, 0.2) is 6.61 Å². The summed E-state index contributed by atoms with van der Waals surface area (Å²) in [4.78, 5) is 8.99. The standard InChI is InChI=1S/C49H44F4N4O2/c1-3-5-16-31(4-2)29-57-41-26-25-34(43(56-58)37-23-14-15-24-42(37)59-30-49(52,53)48(50)51)27-38(41)39-28-40(35-21-12-13-22-36(35)46(39)57)47-54-44(32-17-8-6-9-18-32)45(55-47)33-19-10-7-11-20-33/h6-15,17-28,31,48,58H,3-5,16,29-30H2,1-2H3,(H,54,55)/b56-43-. The van der Waals surface area contributed by atoms with Crippen molar-refractivity contribution in [3.05, 3.63) is 145 Å². The molecule has 6 aromatic carbocycles. The van der Waals surface area contributed by atoms with E-state index < -0.39 is 19.0 Å². The van der Waals surface area contributed by atoms with E-state index in [1.165, 1.54) is 6.07 Å². The predicted molar refractivity (Wildman–Crippen MR) is 229 cm³/mol. The average molecular weight is 797 g/mol. The summed E-state index contributed by atoms with van der Waals surface area (Å²) in [7, 11) is 0. The number of H-pyrrole nitrogens is 1. The van der Waals surface area contributed by atoms with Crippen molar-refractivity contribution in [2.45, 2.75) is 58.4 Å². The van der Waals surface area contributed by atoms with E-state index in [9.17, 15) is 22.8 Å². The molecule has 0 saturated carbocycles. The summed E-state index contributed by atoms with van der Waals surface area (Å²) in [6, 6.07) is 42.7. The first kappa shape index (κ1) is 39.4. The van der Waals surface area contributed by atoms with Gasteiger partial charge >= 0.3 is 12.3 Å². The minimum Gasteiger partial charge on any atom is -0.486 e. The van der Waals surface area contributed by atoms with Crippen LogP contribution in [0.15, 0.2) is 139 Å². The van der Waals surface area contributed by atoms with Crippen LogP contribution in [0.3, 0.4) is 0 Å². The van der Waals surface area contributed by atoms with Gasteiger partial charge in [-0.3, -0.25) is 0 Å². The molecule has 6 nitrogen and oxygen atoms in total. The number of imidazole rings is 1. The molecule has 300 valence electrons. The molecule has 0 amide bonds. The summed E-state index contributed by atoms with van der Waals surface area (Å²) in [5.74, 6) is -3.35.